The number of hydrogen-bond donors (Lipinski definition) is 2. The van der Waals surface area contributed by atoms with Crippen LogP contribution in [0.15, 0.2) is 48.9 Å². The van der Waals surface area contributed by atoms with E-state index in [1.807, 2.05) is 32.0 Å². The third-order valence-corrected chi connectivity index (χ3v) is 4.29. The van der Waals surface area contributed by atoms with Gasteiger partial charge in [-0.1, -0.05) is 6.07 Å². The van der Waals surface area contributed by atoms with Crippen molar-refractivity contribution in [1.82, 2.24) is 25.1 Å². The minimum Gasteiger partial charge on any atom is -0.396 e. The lowest BCUT2D eigenvalue weighted by atomic mass is 10.0. The molecular weight excluding hydrogens is 342 g/mol. The maximum atomic E-state index is 12.4. The van der Waals surface area contributed by atoms with Gasteiger partial charge in [0.15, 0.2) is 5.82 Å². The van der Waals surface area contributed by atoms with Crippen molar-refractivity contribution in [2.45, 2.75) is 20.3 Å². The molecule has 0 aliphatic carbocycles. The molecular formula is C20H23N5O2. The van der Waals surface area contributed by atoms with Crippen LogP contribution in [0.1, 0.15) is 27.3 Å². The summed E-state index contributed by atoms with van der Waals surface area (Å²) in [7, 11) is 0. The first-order valence-corrected chi connectivity index (χ1v) is 8.84. The molecule has 3 heterocycles. The summed E-state index contributed by atoms with van der Waals surface area (Å²) < 4.78 is 1.74. The first kappa shape index (κ1) is 18.7. The number of aryl methyl sites for hydroxylation is 2. The van der Waals surface area contributed by atoms with E-state index in [0.29, 0.717) is 24.3 Å². The van der Waals surface area contributed by atoms with Gasteiger partial charge in [0.1, 0.15) is 0 Å². The smallest absolute Gasteiger partial charge is 0.252 e. The highest BCUT2D eigenvalue weighted by Gasteiger charge is 2.13. The van der Waals surface area contributed by atoms with E-state index in [-0.39, 0.29) is 18.4 Å². The summed E-state index contributed by atoms with van der Waals surface area (Å²) in [6.07, 6.45) is 5.67. The summed E-state index contributed by atoms with van der Waals surface area (Å²) in [5, 5.41) is 16.8. The molecule has 3 aromatic heterocycles. The molecule has 7 nitrogen and oxygen atoms in total. The van der Waals surface area contributed by atoms with Crippen molar-refractivity contribution in [3.05, 3.63) is 71.4 Å². The van der Waals surface area contributed by atoms with E-state index in [0.717, 1.165) is 17.0 Å². The lowest BCUT2D eigenvalue weighted by Crippen LogP contribution is -2.32. The average molecular weight is 365 g/mol. The molecule has 0 aliphatic heterocycles. The molecule has 3 rings (SSSR count). The number of rotatable bonds is 7. The molecule has 2 N–H and O–H groups in total. The van der Waals surface area contributed by atoms with Gasteiger partial charge < -0.3 is 10.4 Å². The Bertz CT molecular complexity index is 890. The van der Waals surface area contributed by atoms with Crippen LogP contribution in [0.4, 0.5) is 0 Å². The number of aliphatic hydroxyl groups excluding tert-OH is 1. The lowest BCUT2D eigenvalue weighted by molar-refractivity contribution is 0.0939. The zero-order valence-electron chi connectivity index (χ0n) is 15.5. The molecule has 7 heteroatoms. The highest BCUT2D eigenvalue weighted by atomic mass is 16.3. The molecule has 0 saturated heterocycles. The van der Waals surface area contributed by atoms with E-state index in [9.17, 15) is 9.90 Å². The Morgan fingerprint density at radius 1 is 1.26 bits per heavy atom. The molecule has 0 aliphatic rings. The van der Waals surface area contributed by atoms with Crippen molar-refractivity contribution in [3.8, 4) is 5.82 Å². The average Bonchev–Trinajstić information content (AvgIpc) is 3.03. The second-order valence-electron chi connectivity index (χ2n) is 6.57. The number of nitrogens with one attached hydrogen (secondary N) is 1. The molecule has 27 heavy (non-hydrogen) atoms. The number of carbonyl (C=O) groups excluding carboxylic acids is 1. The summed E-state index contributed by atoms with van der Waals surface area (Å²) in [5.74, 6) is 0.383. The van der Waals surface area contributed by atoms with Crippen LogP contribution >= 0.6 is 0 Å². The predicted octanol–water partition coefficient (Wildman–Crippen LogP) is 1.86. The van der Waals surface area contributed by atoms with E-state index < -0.39 is 0 Å². The Morgan fingerprint density at radius 3 is 2.70 bits per heavy atom. The van der Waals surface area contributed by atoms with Crippen LogP contribution in [-0.4, -0.2) is 43.9 Å². The first-order chi connectivity index (χ1) is 13.1. The summed E-state index contributed by atoms with van der Waals surface area (Å²) >= 11 is 0. The molecule has 0 aromatic carbocycles. The summed E-state index contributed by atoms with van der Waals surface area (Å²) in [5.41, 5.74) is 3.40. The van der Waals surface area contributed by atoms with Gasteiger partial charge in [-0.2, -0.15) is 5.10 Å². The minimum atomic E-state index is -0.216. The van der Waals surface area contributed by atoms with Gasteiger partial charge in [0.2, 0.25) is 0 Å². The van der Waals surface area contributed by atoms with Crippen molar-refractivity contribution in [2.24, 2.45) is 5.92 Å². The highest BCUT2D eigenvalue weighted by molar-refractivity contribution is 5.93. The summed E-state index contributed by atoms with van der Waals surface area (Å²) in [4.78, 5) is 20.8. The van der Waals surface area contributed by atoms with Crippen LogP contribution in [0.25, 0.3) is 5.82 Å². The Balaban J connectivity index is 1.59. The van der Waals surface area contributed by atoms with Crippen LogP contribution in [0, 0.1) is 19.8 Å². The fourth-order valence-corrected chi connectivity index (χ4v) is 2.90. The number of pyridine rings is 2. The molecule has 0 saturated carbocycles. The minimum absolute atomic E-state index is 0.00963. The van der Waals surface area contributed by atoms with E-state index in [2.05, 4.69) is 20.4 Å². The van der Waals surface area contributed by atoms with Gasteiger partial charge in [-0.15, -0.1) is 0 Å². The van der Waals surface area contributed by atoms with Gasteiger partial charge in [0, 0.05) is 43.4 Å². The summed E-state index contributed by atoms with van der Waals surface area (Å²) in [6.45, 7) is 4.25. The van der Waals surface area contributed by atoms with Crippen molar-refractivity contribution in [2.75, 3.05) is 13.2 Å². The molecule has 0 unspecified atom stereocenters. The Labute approximate surface area is 158 Å². The van der Waals surface area contributed by atoms with Crippen molar-refractivity contribution < 1.29 is 9.90 Å². The second kappa shape index (κ2) is 8.55. The van der Waals surface area contributed by atoms with Crippen LogP contribution < -0.4 is 5.32 Å². The maximum absolute atomic E-state index is 12.4. The fraction of sp³-hybridized carbons (Fsp3) is 0.300. The molecule has 140 valence electrons. The van der Waals surface area contributed by atoms with E-state index in [1.165, 1.54) is 6.20 Å². The number of hydrogen-bond acceptors (Lipinski definition) is 5. The second-order valence-corrected chi connectivity index (χ2v) is 6.57. The third kappa shape index (κ3) is 4.77. The number of nitrogens with zero attached hydrogens (tertiary/aromatic N) is 4. The van der Waals surface area contributed by atoms with Gasteiger partial charge in [0.25, 0.3) is 5.91 Å². The Hall–Kier alpha value is -3.06. The highest BCUT2D eigenvalue weighted by Crippen LogP contribution is 2.11. The van der Waals surface area contributed by atoms with E-state index in [4.69, 9.17) is 0 Å². The SMILES string of the molecule is Cc1cc(C)n(-c2ccc(C(=O)NC[C@@H](CO)Cc3cccnc3)cn2)n1. The van der Waals surface area contributed by atoms with Crippen molar-refractivity contribution >= 4 is 5.91 Å². The number of aromatic nitrogens is 4. The topological polar surface area (TPSA) is 92.9 Å². The molecule has 0 bridgehead atoms. The van der Waals surface area contributed by atoms with Crippen molar-refractivity contribution in [3.63, 3.8) is 0 Å². The Morgan fingerprint density at radius 2 is 2.11 bits per heavy atom. The van der Waals surface area contributed by atoms with Gasteiger partial charge in [-0.3, -0.25) is 9.78 Å². The maximum Gasteiger partial charge on any atom is 0.252 e. The molecule has 3 aromatic rings. The Kier molecular flexibility index (Phi) is 5.93. The number of amides is 1. The molecule has 0 spiro atoms. The van der Waals surface area contributed by atoms with Crippen LogP contribution in [-0.2, 0) is 6.42 Å². The van der Waals surface area contributed by atoms with E-state index in [1.54, 1.807) is 29.2 Å². The normalized spacial score (nSPS) is 12.0. The van der Waals surface area contributed by atoms with Crippen molar-refractivity contribution in [1.29, 1.82) is 0 Å². The van der Waals surface area contributed by atoms with Gasteiger partial charge in [0.05, 0.1) is 11.3 Å². The van der Waals surface area contributed by atoms with Gasteiger partial charge in [-0.25, -0.2) is 9.67 Å². The third-order valence-electron chi connectivity index (χ3n) is 4.29. The first-order valence-electron chi connectivity index (χ1n) is 8.84. The quantitative estimate of drug-likeness (QED) is 0.667. The molecule has 0 radical (unpaired) electrons. The van der Waals surface area contributed by atoms with Crippen LogP contribution in [0.2, 0.25) is 0 Å². The molecule has 1 atom stereocenters. The fourth-order valence-electron chi connectivity index (χ4n) is 2.90. The summed E-state index contributed by atoms with van der Waals surface area (Å²) in [6, 6.07) is 9.29. The zero-order chi connectivity index (χ0) is 19.2. The zero-order valence-corrected chi connectivity index (χ0v) is 15.5. The number of aliphatic hydroxyl groups is 1. The predicted molar refractivity (Wildman–Crippen MR) is 102 cm³/mol. The lowest BCUT2D eigenvalue weighted by Gasteiger charge is -2.15. The molecule has 0 fully saturated rings. The standard InChI is InChI=1S/C20H23N5O2/c1-14-8-15(2)25(24-14)19-6-5-18(12-22-19)20(27)23-11-17(13-26)9-16-4-3-7-21-10-16/h3-8,10,12,17,26H,9,11,13H2,1-2H3,(H,23,27)/t17-/m0/s1. The van der Waals surface area contributed by atoms with E-state index >= 15 is 0 Å². The van der Waals surface area contributed by atoms with Gasteiger partial charge in [-0.05, 0) is 50.1 Å². The number of carbonyl (C=O) groups is 1. The largest absolute Gasteiger partial charge is 0.396 e. The monoisotopic (exact) mass is 365 g/mol. The van der Waals surface area contributed by atoms with Crippen LogP contribution in [0.3, 0.4) is 0 Å². The van der Waals surface area contributed by atoms with Crippen LogP contribution in [0.5, 0.6) is 0 Å². The molecule has 1 amide bonds. The van der Waals surface area contributed by atoms with Gasteiger partial charge >= 0.3 is 0 Å².